The first-order valence-corrected chi connectivity index (χ1v) is 12.8. The van der Waals surface area contributed by atoms with Crippen LogP contribution in [0, 0.1) is 0 Å². The van der Waals surface area contributed by atoms with Gasteiger partial charge in [-0.1, -0.05) is 18.2 Å². The summed E-state index contributed by atoms with van der Waals surface area (Å²) < 4.78 is 23.1. The Bertz CT molecular complexity index is 894. The first kappa shape index (κ1) is 25.1. The van der Waals surface area contributed by atoms with E-state index < -0.39 is 9.84 Å². The number of nitrogens with one attached hydrogen (secondary N) is 2. The smallest absolute Gasteiger partial charge is 0.191 e. The second kappa shape index (κ2) is 12.0. The number of likely N-dealkylation sites (tertiary alicyclic amines) is 1. The Hall–Kier alpha value is -1.17. The summed E-state index contributed by atoms with van der Waals surface area (Å²) in [5, 5.41) is 8.97. The van der Waals surface area contributed by atoms with Crippen LogP contribution in [0.2, 0.25) is 0 Å². The van der Waals surface area contributed by atoms with Crippen LogP contribution < -0.4 is 10.6 Å². The summed E-state index contributed by atoms with van der Waals surface area (Å²) in [5.41, 5.74) is 1.09. The maximum absolute atomic E-state index is 11.6. The normalized spacial score (nSPS) is 16.1. The highest BCUT2D eigenvalue weighted by Gasteiger charge is 2.24. The number of aliphatic imine (C=N–C) groups is 1. The highest BCUT2D eigenvalue weighted by atomic mass is 127. The van der Waals surface area contributed by atoms with E-state index in [-0.39, 0.29) is 24.0 Å². The number of nitrogens with zero attached hydrogens (tertiary/aromatic N) is 2. The average Bonchev–Trinajstić information content (AvgIpc) is 3.41. The molecule has 2 heterocycles. The number of hydrogen-bond acceptors (Lipinski definition) is 5. The number of sulfone groups is 1. The van der Waals surface area contributed by atoms with Crippen LogP contribution in [0.1, 0.15) is 29.3 Å². The number of benzene rings is 1. The van der Waals surface area contributed by atoms with Gasteiger partial charge in [0, 0.05) is 31.3 Å². The lowest BCUT2D eigenvalue weighted by Crippen LogP contribution is -2.43. The molecule has 1 aromatic carbocycles. The van der Waals surface area contributed by atoms with E-state index in [0.717, 1.165) is 44.1 Å². The Morgan fingerprint density at radius 1 is 1.17 bits per heavy atom. The van der Waals surface area contributed by atoms with Crippen LogP contribution in [-0.4, -0.2) is 58.8 Å². The Morgan fingerprint density at radius 3 is 2.43 bits per heavy atom. The molecule has 0 amide bonds. The molecule has 1 atom stereocenters. The third-order valence-electron chi connectivity index (χ3n) is 5.20. The van der Waals surface area contributed by atoms with Crippen LogP contribution >= 0.6 is 35.3 Å². The summed E-state index contributed by atoms with van der Waals surface area (Å²) in [5.74, 6) is 0.790. The van der Waals surface area contributed by atoms with E-state index in [0.29, 0.717) is 10.9 Å². The van der Waals surface area contributed by atoms with Gasteiger partial charge in [0.05, 0.1) is 10.9 Å². The van der Waals surface area contributed by atoms with Crippen LogP contribution in [0.15, 0.2) is 51.7 Å². The van der Waals surface area contributed by atoms with Gasteiger partial charge in [-0.15, -0.1) is 35.3 Å². The molecule has 1 aliphatic rings. The van der Waals surface area contributed by atoms with Crippen LogP contribution in [0.25, 0.3) is 0 Å². The Kier molecular flexibility index (Phi) is 10.1. The SMILES string of the molecule is CN=C(NCCc1ccc(S(C)(=O)=O)cc1)NCC(c1cccs1)N1CCCC1.I. The lowest BCUT2D eigenvalue weighted by atomic mass is 10.1. The topological polar surface area (TPSA) is 73.8 Å². The number of guanidine groups is 1. The lowest BCUT2D eigenvalue weighted by Gasteiger charge is -2.27. The molecular weight excluding hydrogens is 531 g/mol. The van der Waals surface area contributed by atoms with Crippen molar-refractivity contribution in [3.05, 3.63) is 52.2 Å². The third kappa shape index (κ3) is 7.21. The number of thiophene rings is 1. The van der Waals surface area contributed by atoms with E-state index in [4.69, 9.17) is 0 Å². The molecule has 0 aliphatic carbocycles. The Labute approximate surface area is 201 Å². The van der Waals surface area contributed by atoms with E-state index >= 15 is 0 Å². The molecule has 166 valence electrons. The molecule has 1 aromatic heterocycles. The lowest BCUT2D eigenvalue weighted by molar-refractivity contribution is 0.249. The molecular formula is C21H31IN4O2S2. The fourth-order valence-electron chi connectivity index (χ4n) is 3.59. The van der Waals surface area contributed by atoms with E-state index in [1.807, 2.05) is 23.5 Å². The predicted octanol–water partition coefficient (Wildman–Crippen LogP) is 3.31. The quantitative estimate of drug-likeness (QED) is 0.294. The van der Waals surface area contributed by atoms with Gasteiger partial charge in [0.2, 0.25) is 0 Å². The first-order valence-electron chi connectivity index (χ1n) is 9.98. The minimum absolute atomic E-state index is 0. The van der Waals surface area contributed by atoms with E-state index in [1.54, 1.807) is 19.2 Å². The van der Waals surface area contributed by atoms with Gasteiger partial charge < -0.3 is 10.6 Å². The minimum Gasteiger partial charge on any atom is -0.356 e. The predicted molar refractivity (Wildman–Crippen MR) is 136 cm³/mol. The van der Waals surface area contributed by atoms with E-state index in [2.05, 4.69) is 38.0 Å². The fourth-order valence-corrected chi connectivity index (χ4v) is 5.08. The van der Waals surface area contributed by atoms with Gasteiger partial charge in [0.15, 0.2) is 15.8 Å². The molecule has 0 spiro atoms. The summed E-state index contributed by atoms with van der Waals surface area (Å²) >= 11 is 1.81. The highest BCUT2D eigenvalue weighted by Crippen LogP contribution is 2.27. The number of rotatable bonds is 8. The van der Waals surface area contributed by atoms with Gasteiger partial charge in [-0.05, 0) is 61.5 Å². The van der Waals surface area contributed by atoms with Crippen molar-refractivity contribution in [2.24, 2.45) is 4.99 Å². The molecule has 0 radical (unpaired) electrons. The summed E-state index contributed by atoms with van der Waals surface area (Å²) in [6.07, 6.45) is 4.57. The van der Waals surface area contributed by atoms with Crippen molar-refractivity contribution in [2.45, 2.75) is 30.2 Å². The van der Waals surface area contributed by atoms with Crippen molar-refractivity contribution in [3.63, 3.8) is 0 Å². The van der Waals surface area contributed by atoms with Crippen LogP contribution in [0.5, 0.6) is 0 Å². The molecule has 30 heavy (non-hydrogen) atoms. The Morgan fingerprint density at radius 2 is 1.87 bits per heavy atom. The Balaban J connectivity index is 0.00000320. The molecule has 2 N–H and O–H groups in total. The van der Waals surface area contributed by atoms with Crippen LogP contribution in [-0.2, 0) is 16.3 Å². The van der Waals surface area contributed by atoms with Gasteiger partial charge in [0.1, 0.15) is 0 Å². The maximum atomic E-state index is 11.6. The second-order valence-electron chi connectivity index (χ2n) is 7.32. The molecule has 0 saturated carbocycles. The fraction of sp³-hybridized carbons (Fsp3) is 0.476. The second-order valence-corrected chi connectivity index (χ2v) is 10.3. The molecule has 0 bridgehead atoms. The molecule has 1 saturated heterocycles. The number of hydrogen-bond donors (Lipinski definition) is 2. The maximum Gasteiger partial charge on any atom is 0.191 e. The summed E-state index contributed by atoms with van der Waals surface area (Å²) in [6, 6.07) is 11.8. The molecule has 1 aliphatic heterocycles. The molecule has 2 aromatic rings. The molecule has 9 heteroatoms. The third-order valence-corrected chi connectivity index (χ3v) is 7.30. The number of halogens is 1. The molecule has 3 rings (SSSR count). The van der Waals surface area contributed by atoms with Crippen molar-refractivity contribution in [1.29, 1.82) is 0 Å². The van der Waals surface area contributed by atoms with Gasteiger partial charge in [-0.25, -0.2) is 8.42 Å². The monoisotopic (exact) mass is 562 g/mol. The molecule has 1 fully saturated rings. The summed E-state index contributed by atoms with van der Waals surface area (Å²) in [4.78, 5) is 8.64. The van der Waals surface area contributed by atoms with Crippen molar-refractivity contribution in [2.75, 3.05) is 39.5 Å². The van der Waals surface area contributed by atoms with Crippen molar-refractivity contribution < 1.29 is 8.42 Å². The largest absolute Gasteiger partial charge is 0.356 e. The van der Waals surface area contributed by atoms with Crippen molar-refractivity contribution >= 4 is 51.1 Å². The first-order chi connectivity index (χ1) is 14.0. The van der Waals surface area contributed by atoms with Gasteiger partial charge in [-0.2, -0.15) is 0 Å². The van der Waals surface area contributed by atoms with Gasteiger partial charge in [-0.3, -0.25) is 9.89 Å². The standard InChI is InChI=1S/C21H30N4O2S2.HI/c1-22-21(23-12-11-17-7-9-18(10-8-17)29(2,26)27)24-16-19(20-6-5-15-28-20)25-13-3-4-14-25;/h5-10,15,19H,3-4,11-14,16H2,1-2H3,(H2,22,23,24);1H. The minimum atomic E-state index is -3.15. The average molecular weight is 563 g/mol. The highest BCUT2D eigenvalue weighted by molar-refractivity contribution is 14.0. The zero-order valence-corrected chi connectivity index (χ0v) is 21.5. The molecule has 6 nitrogen and oxygen atoms in total. The summed E-state index contributed by atoms with van der Waals surface area (Å²) in [7, 11) is -1.36. The summed E-state index contributed by atoms with van der Waals surface area (Å²) in [6.45, 7) is 3.86. The van der Waals surface area contributed by atoms with Crippen molar-refractivity contribution in [1.82, 2.24) is 15.5 Å². The van der Waals surface area contributed by atoms with E-state index in [9.17, 15) is 8.42 Å². The zero-order valence-electron chi connectivity index (χ0n) is 17.5. The van der Waals surface area contributed by atoms with Crippen molar-refractivity contribution in [3.8, 4) is 0 Å². The molecule has 1 unspecified atom stereocenters. The zero-order chi connectivity index (χ0) is 20.7. The van der Waals surface area contributed by atoms with E-state index in [1.165, 1.54) is 24.0 Å². The van der Waals surface area contributed by atoms with Crippen LogP contribution in [0.4, 0.5) is 0 Å². The van der Waals surface area contributed by atoms with Crippen LogP contribution in [0.3, 0.4) is 0 Å². The van der Waals surface area contributed by atoms with Gasteiger partial charge >= 0.3 is 0 Å². The van der Waals surface area contributed by atoms with Gasteiger partial charge in [0.25, 0.3) is 0 Å².